The van der Waals surface area contributed by atoms with Gasteiger partial charge in [0, 0.05) is 29.8 Å². The second kappa shape index (κ2) is 6.25. The Bertz CT molecular complexity index is 1100. The summed E-state index contributed by atoms with van der Waals surface area (Å²) in [5, 5.41) is 0. The molecule has 2 heterocycles. The van der Waals surface area contributed by atoms with E-state index in [4.69, 9.17) is 4.74 Å². The van der Waals surface area contributed by atoms with Gasteiger partial charge in [-0.25, -0.2) is 8.42 Å². The largest absolute Gasteiger partial charge is 0.369 e. The first-order valence-electron chi connectivity index (χ1n) is 9.10. The van der Waals surface area contributed by atoms with Gasteiger partial charge in [0.25, 0.3) is 5.91 Å². The number of nitrogens with zero attached hydrogens (tertiary/aromatic N) is 1. The molecule has 1 amide bonds. The van der Waals surface area contributed by atoms with Gasteiger partial charge in [-0.1, -0.05) is 12.1 Å². The number of carbonyl (C=O) groups is 2. The summed E-state index contributed by atoms with van der Waals surface area (Å²) in [7, 11) is -3.87. The third kappa shape index (κ3) is 2.95. The summed E-state index contributed by atoms with van der Waals surface area (Å²) in [4.78, 5) is 27.3. The fraction of sp³-hybridized carbons (Fsp3) is 0.333. The molecular weight excluding hydrogens is 378 g/mol. The first-order valence-corrected chi connectivity index (χ1v) is 10.6. The van der Waals surface area contributed by atoms with E-state index in [-0.39, 0.29) is 44.3 Å². The molecule has 0 saturated carbocycles. The number of rotatable bonds is 1. The van der Waals surface area contributed by atoms with Gasteiger partial charge in [0.05, 0.1) is 21.5 Å². The quantitative estimate of drug-likeness (QED) is 0.629. The van der Waals surface area contributed by atoms with E-state index in [1.165, 1.54) is 30.3 Å². The number of morpholine rings is 1. The molecule has 28 heavy (non-hydrogen) atoms. The minimum Gasteiger partial charge on any atom is -0.369 e. The number of carbonyl (C=O) groups excluding carboxylic acids is 2. The maximum atomic E-state index is 13.1. The van der Waals surface area contributed by atoms with Crippen LogP contribution in [0, 0.1) is 0 Å². The van der Waals surface area contributed by atoms with Crippen molar-refractivity contribution in [1.82, 2.24) is 4.90 Å². The second-order valence-electron chi connectivity index (χ2n) is 7.91. The van der Waals surface area contributed by atoms with Crippen LogP contribution in [0.25, 0.3) is 0 Å². The number of ketones is 1. The molecule has 1 atom stereocenters. The molecule has 2 aliphatic rings. The maximum Gasteiger partial charge on any atom is 0.254 e. The van der Waals surface area contributed by atoms with Crippen molar-refractivity contribution >= 4 is 21.5 Å². The Balaban J connectivity index is 1.76. The minimum absolute atomic E-state index is 0.0155. The minimum atomic E-state index is -3.87. The predicted octanol–water partition coefficient (Wildman–Crippen LogP) is 2.70. The van der Waals surface area contributed by atoms with Crippen LogP contribution in [0.3, 0.4) is 0 Å². The molecule has 146 valence electrons. The van der Waals surface area contributed by atoms with Gasteiger partial charge in [0.2, 0.25) is 9.84 Å². The van der Waals surface area contributed by atoms with E-state index in [1.54, 1.807) is 17.0 Å². The molecule has 7 heteroatoms. The summed E-state index contributed by atoms with van der Waals surface area (Å²) in [5.41, 5.74) is 0.0332. The lowest BCUT2D eigenvalue weighted by Gasteiger charge is -2.41. The van der Waals surface area contributed by atoms with Crippen LogP contribution in [-0.4, -0.2) is 49.8 Å². The lowest BCUT2D eigenvalue weighted by atomic mass is 10.00. The highest BCUT2D eigenvalue weighted by Gasteiger charge is 2.37. The Morgan fingerprint density at radius 3 is 2.50 bits per heavy atom. The van der Waals surface area contributed by atoms with E-state index >= 15 is 0 Å². The highest BCUT2D eigenvalue weighted by molar-refractivity contribution is 7.91. The Kier molecular flexibility index (Phi) is 4.21. The number of sulfone groups is 1. The second-order valence-corrected chi connectivity index (χ2v) is 9.80. The van der Waals surface area contributed by atoms with E-state index in [1.807, 2.05) is 20.8 Å². The summed E-state index contributed by atoms with van der Waals surface area (Å²) in [6.45, 7) is 6.55. The van der Waals surface area contributed by atoms with E-state index in [2.05, 4.69) is 0 Å². The number of amides is 1. The number of hydrogen-bond donors (Lipinski definition) is 0. The fourth-order valence-electron chi connectivity index (χ4n) is 4.01. The zero-order chi connectivity index (χ0) is 20.3. The standard InChI is InChI=1S/C21H21NO5S/c1-13-11-22(12-21(2,3)27-13)20(24)14-8-9-16-18(10-14)28(25,26)17-7-5-4-6-15(17)19(16)23/h4-10,13H,11-12H2,1-3H3/t13-/m1/s1. The third-order valence-electron chi connectivity index (χ3n) is 5.04. The maximum absolute atomic E-state index is 13.1. The SMILES string of the molecule is C[C@@H]1CN(C(=O)c2ccc3c(c2)S(=O)(=O)c2ccccc2C3=O)CC(C)(C)O1. The zero-order valence-electron chi connectivity index (χ0n) is 15.9. The van der Waals surface area contributed by atoms with Crippen molar-refractivity contribution in [2.75, 3.05) is 13.1 Å². The molecule has 2 aromatic carbocycles. The van der Waals surface area contributed by atoms with Crippen molar-refractivity contribution < 1.29 is 22.7 Å². The van der Waals surface area contributed by atoms with Gasteiger partial charge >= 0.3 is 0 Å². The molecule has 0 spiro atoms. The first-order chi connectivity index (χ1) is 13.1. The smallest absolute Gasteiger partial charge is 0.254 e. The molecule has 0 N–H and O–H groups in total. The first kappa shape index (κ1) is 18.8. The van der Waals surface area contributed by atoms with Crippen LogP contribution in [0.1, 0.15) is 47.1 Å². The molecule has 1 saturated heterocycles. The van der Waals surface area contributed by atoms with Gasteiger partial charge in [-0.05, 0) is 51.1 Å². The Morgan fingerprint density at radius 2 is 1.79 bits per heavy atom. The number of hydrogen-bond acceptors (Lipinski definition) is 5. The van der Waals surface area contributed by atoms with Gasteiger partial charge in [0.1, 0.15) is 0 Å². The summed E-state index contributed by atoms with van der Waals surface area (Å²) < 4.78 is 31.9. The van der Waals surface area contributed by atoms with Crippen LogP contribution < -0.4 is 0 Å². The summed E-state index contributed by atoms with van der Waals surface area (Å²) in [6.07, 6.45) is -0.123. The molecule has 2 aromatic rings. The zero-order valence-corrected chi connectivity index (χ0v) is 16.7. The Morgan fingerprint density at radius 1 is 1.11 bits per heavy atom. The van der Waals surface area contributed by atoms with Crippen molar-refractivity contribution in [3.05, 3.63) is 59.2 Å². The van der Waals surface area contributed by atoms with Crippen molar-refractivity contribution in [3.63, 3.8) is 0 Å². The van der Waals surface area contributed by atoms with E-state index in [9.17, 15) is 18.0 Å². The van der Waals surface area contributed by atoms with Crippen molar-refractivity contribution in [3.8, 4) is 0 Å². The van der Waals surface area contributed by atoms with Gasteiger partial charge in [-0.15, -0.1) is 0 Å². The lowest BCUT2D eigenvalue weighted by Crippen LogP contribution is -2.53. The summed E-state index contributed by atoms with van der Waals surface area (Å²) >= 11 is 0. The fourth-order valence-corrected chi connectivity index (χ4v) is 5.69. The van der Waals surface area contributed by atoms with Crippen LogP contribution in [-0.2, 0) is 14.6 Å². The molecule has 2 aliphatic heterocycles. The molecule has 0 aliphatic carbocycles. The summed E-state index contributed by atoms with van der Waals surface area (Å²) in [6, 6.07) is 10.4. The monoisotopic (exact) mass is 399 g/mol. The van der Waals surface area contributed by atoms with Gasteiger partial charge < -0.3 is 9.64 Å². The number of fused-ring (bicyclic) bond motifs is 2. The molecule has 1 fully saturated rings. The lowest BCUT2D eigenvalue weighted by molar-refractivity contribution is -0.118. The molecule has 0 radical (unpaired) electrons. The van der Waals surface area contributed by atoms with Crippen LogP contribution in [0.5, 0.6) is 0 Å². The average Bonchev–Trinajstić information content (AvgIpc) is 2.64. The normalized spacial score (nSPS) is 22.3. The molecule has 0 aromatic heterocycles. The highest BCUT2D eigenvalue weighted by Crippen LogP contribution is 2.35. The number of benzene rings is 2. The van der Waals surface area contributed by atoms with E-state index in [0.717, 1.165) is 0 Å². The predicted molar refractivity (Wildman–Crippen MR) is 102 cm³/mol. The molecular formula is C21H21NO5S. The average molecular weight is 399 g/mol. The van der Waals surface area contributed by atoms with Crippen LogP contribution in [0.2, 0.25) is 0 Å². The van der Waals surface area contributed by atoms with Crippen molar-refractivity contribution in [2.24, 2.45) is 0 Å². The number of ether oxygens (including phenoxy) is 1. The molecule has 0 unspecified atom stereocenters. The van der Waals surface area contributed by atoms with Crippen LogP contribution >= 0.6 is 0 Å². The van der Waals surface area contributed by atoms with Gasteiger partial charge in [-0.2, -0.15) is 0 Å². The van der Waals surface area contributed by atoms with Crippen LogP contribution in [0.4, 0.5) is 0 Å². The highest BCUT2D eigenvalue weighted by atomic mass is 32.2. The van der Waals surface area contributed by atoms with E-state index in [0.29, 0.717) is 13.1 Å². The Labute approximate surface area is 164 Å². The Hall–Kier alpha value is -2.51. The van der Waals surface area contributed by atoms with Crippen LogP contribution in [0.15, 0.2) is 52.3 Å². The van der Waals surface area contributed by atoms with Gasteiger partial charge in [0.15, 0.2) is 5.78 Å². The van der Waals surface area contributed by atoms with E-state index < -0.39 is 15.4 Å². The topological polar surface area (TPSA) is 80.8 Å². The summed E-state index contributed by atoms with van der Waals surface area (Å²) in [5.74, 6) is -0.618. The third-order valence-corrected chi connectivity index (χ3v) is 6.89. The van der Waals surface area contributed by atoms with Gasteiger partial charge in [-0.3, -0.25) is 9.59 Å². The van der Waals surface area contributed by atoms with Crippen molar-refractivity contribution in [2.45, 2.75) is 42.3 Å². The molecule has 4 rings (SSSR count). The molecule has 6 nitrogen and oxygen atoms in total. The molecule has 0 bridgehead atoms. The van der Waals surface area contributed by atoms with Crippen molar-refractivity contribution in [1.29, 1.82) is 0 Å².